The summed E-state index contributed by atoms with van der Waals surface area (Å²) in [7, 11) is -4.85. The summed E-state index contributed by atoms with van der Waals surface area (Å²) in [6.07, 6.45) is -5.81. The van der Waals surface area contributed by atoms with Gasteiger partial charge in [0, 0.05) is 0 Å². The summed E-state index contributed by atoms with van der Waals surface area (Å²) in [5, 5.41) is 35.4. The third-order valence-electron chi connectivity index (χ3n) is 1.61. The summed E-state index contributed by atoms with van der Waals surface area (Å²) in [4.78, 5) is 27.5. The van der Waals surface area contributed by atoms with Crippen LogP contribution < -0.4 is 0 Å². The monoisotopic (exact) mass is 284 g/mol. The van der Waals surface area contributed by atoms with E-state index in [0.29, 0.717) is 0 Å². The van der Waals surface area contributed by atoms with Crippen molar-refractivity contribution >= 4 is 43.2 Å². The number of aliphatic hydroxyl groups excluding tert-OH is 4. The molecule has 0 saturated heterocycles. The molecule has 0 aliphatic heterocycles. The first-order valence-electron chi connectivity index (χ1n) is 4.07. The molecule has 6 N–H and O–H groups in total. The van der Waals surface area contributed by atoms with E-state index in [4.69, 9.17) is 30.2 Å². The van der Waals surface area contributed by atoms with Crippen molar-refractivity contribution in [3.63, 3.8) is 0 Å². The summed E-state index contributed by atoms with van der Waals surface area (Å²) in [6.45, 7) is -2.01. The molecule has 0 unspecified atom stereocenters. The van der Waals surface area contributed by atoms with E-state index in [2.05, 4.69) is 4.52 Å². The number of ketones is 1. The van der Waals surface area contributed by atoms with Gasteiger partial charge < -0.3 is 30.2 Å². The van der Waals surface area contributed by atoms with Crippen molar-refractivity contribution in [3.05, 3.63) is 0 Å². The van der Waals surface area contributed by atoms with Gasteiger partial charge in [-0.1, -0.05) is 0 Å². The zero-order valence-corrected chi connectivity index (χ0v) is 8.90. The third kappa shape index (κ3) is 8.36. The minimum absolute atomic E-state index is 0. The van der Waals surface area contributed by atoms with E-state index in [1.807, 2.05) is 0 Å². The predicted molar refractivity (Wildman–Crippen MR) is 55.3 cm³/mol. The van der Waals surface area contributed by atoms with E-state index in [9.17, 15) is 9.36 Å². The van der Waals surface area contributed by atoms with E-state index in [1.54, 1.807) is 0 Å². The molecule has 9 nitrogen and oxygen atoms in total. The molecule has 0 aliphatic carbocycles. The molecule has 0 bridgehead atoms. The van der Waals surface area contributed by atoms with Crippen molar-refractivity contribution in [3.8, 4) is 0 Å². The summed E-state index contributed by atoms with van der Waals surface area (Å²) < 4.78 is 14.0. The molecule has 0 aliphatic rings. The molecule has 0 rings (SSSR count). The number of carbonyl (C=O) groups is 1. The van der Waals surface area contributed by atoms with Gasteiger partial charge in [-0.05, 0) is 0 Å². The Morgan fingerprint density at radius 3 is 2.06 bits per heavy atom. The van der Waals surface area contributed by atoms with Gasteiger partial charge in [0.15, 0.2) is 5.78 Å². The normalized spacial score (nSPS) is 16.8. The van der Waals surface area contributed by atoms with Crippen molar-refractivity contribution in [1.29, 1.82) is 0 Å². The maximum absolute atomic E-state index is 11.0. The van der Waals surface area contributed by atoms with Crippen LogP contribution in [-0.4, -0.2) is 97.1 Å². The number of hydrogen-bond donors (Lipinski definition) is 6. The summed E-state index contributed by atoms with van der Waals surface area (Å²) in [5.74, 6) is -1.23. The van der Waals surface area contributed by atoms with Crippen LogP contribution in [0.5, 0.6) is 0 Å². The molecule has 11 heteroatoms. The second-order valence-corrected chi connectivity index (χ2v) is 4.16. The summed E-state index contributed by atoms with van der Waals surface area (Å²) >= 11 is 0. The quantitative estimate of drug-likeness (QED) is 0.202. The van der Waals surface area contributed by atoms with E-state index < -0.39 is 45.1 Å². The van der Waals surface area contributed by atoms with E-state index in [0.717, 1.165) is 0 Å². The van der Waals surface area contributed by atoms with Crippen LogP contribution in [0, 0.1) is 0 Å². The molecule has 98 valence electrons. The number of carbonyl (C=O) groups excluding carboxylic acids is 1. The number of Topliss-reactive ketones (excluding diaryl/α,β-unsaturated/α-hetero) is 1. The van der Waals surface area contributed by atoms with E-state index in [1.165, 1.54) is 0 Å². The second kappa shape index (κ2) is 8.68. The first-order valence-corrected chi connectivity index (χ1v) is 5.60. The average Bonchev–Trinajstić information content (AvgIpc) is 2.21. The van der Waals surface area contributed by atoms with Gasteiger partial charge in [-0.2, -0.15) is 0 Å². The van der Waals surface area contributed by atoms with Crippen LogP contribution in [0.1, 0.15) is 0 Å². The van der Waals surface area contributed by atoms with Gasteiger partial charge in [0.05, 0.1) is 6.61 Å². The van der Waals surface area contributed by atoms with Crippen LogP contribution in [-0.2, 0) is 13.9 Å². The van der Waals surface area contributed by atoms with Crippen molar-refractivity contribution in [2.24, 2.45) is 0 Å². The Balaban J connectivity index is 0. The average molecular weight is 284 g/mol. The molecule has 0 aromatic carbocycles. The van der Waals surface area contributed by atoms with Crippen LogP contribution in [0.3, 0.4) is 0 Å². The van der Waals surface area contributed by atoms with Crippen LogP contribution in [0.2, 0.25) is 0 Å². The molecule has 3 atom stereocenters. The van der Waals surface area contributed by atoms with Gasteiger partial charge in [0.2, 0.25) is 0 Å². The number of phosphoric ester groups is 1. The maximum atomic E-state index is 11.0. The second-order valence-electron chi connectivity index (χ2n) is 2.92. The fraction of sp³-hybridized carbons (Fsp3) is 0.833. The van der Waals surface area contributed by atoms with Gasteiger partial charge in [0.1, 0.15) is 24.9 Å². The van der Waals surface area contributed by atoms with Gasteiger partial charge in [-0.25, -0.2) is 4.57 Å². The SMILES string of the molecule is O=C(COP(=O)(O)O)[C@@H](O)[C@H](O)[C@H](O)CO.[NaH]. The minimum atomic E-state index is -4.85. The Bertz CT molecular complexity index is 279. The Morgan fingerprint density at radius 1 is 1.24 bits per heavy atom. The standard InChI is InChI=1S/C6H13O9P.Na.H/c7-1-3(8)5(10)6(11)4(9)2-15-16(12,13)14;;/h3,5-8,10-11H,1-2H2,(H2,12,13,14);;/t3-,5-,6-;;/m1../s1. The molecule has 0 fully saturated rings. The van der Waals surface area contributed by atoms with Crippen LogP contribution >= 0.6 is 7.82 Å². The predicted octanol–water partition coefficient (Wildman–Crippen LogP) is -3.91. The third-order valence-corrected chi connectivity index (χ3v) is 2.08. The Labute approximate surface area is 119 Å². The molecule has 0 amide bonds. The first kappa shape index (κ1) is 19.9. The number of rotatable bonds is 7. The topological polar surface area (TPSA) is 165 Å². The van der Waals surface area contributed by atoms with E-state index >= 15 is 0 Å². The summed E-state index contributed by atoms with van der Waals surface area (Å²) in [5.41, 5.74) is 0. The number of hydrogen-bond acceptors (Lipinski definition) is 7. The van der Waals surface area contributed by atoms with E-state index in [-0.39, 0.29) is 29.6 Å². The first-order chi connectivity index (χ1) is 7.19. The molecule has 0 spiro atoms. The van der Waals surface area contributed by atoms with Crippen molar-refractivity contribution in [2.75, 3.05) is 13.2 Å². The molecule has 17 heavy (non-hydrogen) atoms. The van der Waals surface area contributed by atoms with Crippen molar-refractivity contribution < 1.29 is 44.1 Å². The van der Waals surface area contributed by atoms with Crippen molar-refractivity contribution in [1.82, 2.24) is 0 Å². The van der Waals surface area contributed by atoms with Crippen LogP contribution in [0.4, 0.5) is 0 Å². The fourth-order valence-electron chi connectivity index (χ4n) is 0.742. The zero-order valence-electron chi connectivity index (χ0n) is 8.00. The van der Waals surface area contributed by atoms with Gasteiger partial charge in [0.25, 0.3) is 0 Å². The molecule has 0 heterocycles. The van der Waals surface area contributed by atoms with Crippen molar-refractivity contribution in [2.45, 2.75) is 18.3 Å². The molecular formula is C6H14NaO9P. The molecule has 0 aromatic rings. The Morgan fingerprint density at radius 2 is 1.71 bits per heavy atom. The van der Waals surface area contributed by atoms with Crippen LogP contribution in [0.15, 0.2) is 0 Å². The zero-order chi connectivity index (χ0) is 12.9. The molecule has 0 aromatic heterocycles. The number of phosphoric acid groups is 1. The summed E-state index contributed by atoms with van der Waals surface area (Å²) in [6, 6.07) is 0. The van der Waals surface area contributed by atoms with Gasteiger partial charge in [-0.3, -0.25) is 9.32 Å². The molecule has 0 saturated carbocycles. The molecular weight excluding hydrogens is 270 g/mol. The molecule has 0 radical (unpaired) electrons. The Hall–Kier alpha value is 0.620. The number of aliphatic hydroxyl groups is 4. The van der Waals surface area contributed by atoms with Gasteiger partial charge >= 0.3 is 37.4 Å². The Kier molecular flexibility index (Phi) is 10.2. The van der Waals surface area contributed by atoms with Crippen LogP contribution in [0.25, 0.3) is 0 Å². The fourth-order valence-corrected chi connectivity index (χ4v) is 1.04. The van der Waals surface area contributed by atoms with Gasteiger partial charge in [-0.15, -0.1) is 0 Å².